The summed E-state index contributed by atoms with van der Waals surface area (Å²) >= 11 is 0. The van der Waals surface area contributed by atoms with Crippen LogP contribution in [0.2, 0.25) is 0 Å². The third-order valence-corrected chi connectivity index (χ3v) is 7.08. The van der Waals surface area contributed by atoms with Crippen molar-refractivity contribution in [2.75, 3.05) is 0 Å². The molecule has 5 unspecified atom stereocenters. The Morgan fingerprint density at radius 1 is 1.09 bits per heavy atom. The Balaban J connectivity index is 3.10. The zero-order valence-corrected chi connectivity index (χ0v) is 16.5. The maximum Gasteiger partial charge on any atom is -0.0292 e. The van der Waals surface area contributed by atoms with Crippen LogP contribution in [0.25, 0.3) is 0 Å². The molecule has 1 aliphatic carbocycles. The van der Waals surface area contributed by atoms with Gasteiger partial charge < -0.3 is 0 Å². The van der Waals surface area contributed by atoms with Gasteiger partial charge in [0.25, 0.3) is 0 Å². The van der Waals surface area contributed by atoms with Crippen LogP contribution in [-0.4, -0.2) is 0 Å². The van der Waals surface area contributed by atoms with E-state index >= 15 is 0 Å². The van der Waals surface area contributed by atoms with Crippen LogP contribution in [0, 0.1) is 40.9 Å². The van der Waals surface area contributed by atoms with Gasteiger partial charge in [-0.1, -0.05) is 61.0 Å². The molecule has 1 rings (SSSR count). The number of allylic oxidation sites excluding steroid dienone is 1. The molecule has 0 aromatic heterocycles. The highest BCUT2D eigenvalue weighted by Gasteiger charge is 2.43. The van der Waals surface area contributed by atoms with Crippen LogP contribution in [0.1, 0.15) is 87.0 Å². The molecule has 0 aromatic carbocycles. The van der Waals surface area contributed by atoms with E-state index in [9.17, 15) is 0 Å². The topological polar surface area (TPSA) is 0 Å². The predicted octanol–water partition coefficient (Wildman–Crippen LogP) is 7.35. The van der Waals surface area contributed by atoms with Crippen molar-refractivity contribution < 1.29 is 0 Å². The first-order valence-corrected chi connectivity index (χ1v) is 9.87. The summed E-state index contributed by atoms with van der Waals surface area (Å²) in [5.41, 5.74) is 0.514. The highest BCUT2D eigenvalue weighted by Crippen LogP contribution is 2.52. The van der Waals surface area contributed by atoms with Gasteiger partial charge in [0.15, 0.2) is 0 Å². The van der Waals surface area contributed by atoms with E-state index in [1.165, 1.54) is 38.5 Å². The largest absolute Gasteiger partial charge is 0.103 e. The lowest BCUT2D eigenvalue weighted by atomic mass is 9.64. The summed E-state index contributed by atoms with van der Waals surface area (Å²) < 4.78 is 0. The van der Waals surface area contributed by atoms with E-state index in [4.69, 9.17) is 0 Å². The lowest BCUT2D eigenvalue weighted by Crippen LogP contribution is -2.33. The molecule has 0 spiro atoms. The molecule has 0 amide bonds. The van der Waals surface area contributed by atoms with Gasteiger partial charge in [0.05, 0.1) is 0 Å². The van der Waals surface area contributed by atoms with Crippen LogP contribution in [0.3, 0.4) is 0 Å². The smallest absolute Gasteiger partial charge is 0.0292 e. The Kier molecular flexibility index (Phi) is 7.69. The summed E-state index contributed by atoms with van der Waals surface area (Å²) in [5, 5.41) is 0. The molecule has 5 atom stereocenters. The van der Waals surface area contributed by atoms with Crippen LogP contribution in [0.15, 0.2) is 12.7 Å². The van der Waals surface area contributed by atoms with Crippen LogP contribution < -0.4 is 0 Å². The Hall–Kier alpha value is -0.260. The van der Waals surface area contributed by atoms with Crippen LogP contribution in [0.4, 0.5) is 0 Å². The standard InChI is InChI=1S/C22H42/c1-9-11-14-22(8)15-21(18(7)16(3)4)20(17(5)6)13-12-19(22)10-2/h9,16-21H,1,10-15H2,2-8H3. The number of hydrogen-bond donors (Lipinski definition) is 0. The molecule has 130 valence electrons. The summed E-state index contributed by atoms with van der Waals surface area (Å²) in [5.74, 6) is 5.17. The predicted molar refractivity (Wildman–Crippen MR) is 101 cm³/mol. The summed E-state index contributed by atoms with van der Waals surface area (Å²) in [6.45, 7) is 21.3. The second kappa shape index (κ2) is 8.55. The van der Waals surface area contributed by atoms with Gasteiger partial charge >= 0.3 is 0 Å². The molecule has 0 bridgehead atoms. The molecular weight excluding hydrogens is 264 g/mol. The molecule has 0 N–H and O–H groups in total. The minimum atomic E-state index is 0.514. The van der Waals surface area contributed by atoms with Gasteiger partial charge in [0.2, 0.25) is 0 Å². The minimum absolute atomic E-state index is 0.514. The maximum atomic E-state index is 3.98. The van der Waals surface area contributed by atoms with Crippen LogP contribution in [-0.2, 0) is 0 Å². The first kappa shape index (κ1) is 19.8. The molecular formula is C22H42. The van der Waals surface area contributed by atoms with Gasteiger partial charge in [-0.15, -0.1) is 6.58 Å². The average Bonchev–Trinajstić information content (AvgIpc) is 2.61. The van der Waals surface area contributed by atoms with Crippen molar-refractivity contribution in [2.24, 2.45) is 40.9 Å². The Bertz CT molecular complexity index is 327. The van der Waals surface area contributed by atoms with E-state index in [2.05, 4.69) is 61.1 Å². The summed E-state index contributed by atoms with van der Waals surface area (Å²) in [4.78, 5) is 0. The maximum absolute atomic E-state index is 3.98. The minimum Gasteiger partial charge on any atom is -0.103 e. The Morgan fingerprint density at radius 3 is 2.18 bits per heavy atom. The average molecular weight is 307 g/mol. The molecule has 1 fully saturated rings. The van der Waals surface area contributed by atoms with Crippen molar-refractivity contribution in [1.29, 1.82) is 0 Å². The van der Waals surface area contributed by atoms with Crippen molar-refractivity contribution in [3.8, 4) is 0 Å². The second-order valence-corrected chi connectivity index (χ2v) is 9.04. The van der Waals surface area contributed by atoms with Crippen molar-refractivity contribution in [3.63, 3.8) is 0 Å². The number of hydrogen-bond acceptors (Lipinski definition) is 0. The molecule has 1 aliphatic rings. The second-order valence-electron chi connectivity index (χ2n) is 9.04. The molecule has 0 nitrogen and oxygen atoms in total. The van der Waals surface area contributed by atoms with E-state index < -0.39 is 0 Å². The molecule has 0 aromatic rings. The van der Waals surface area contributed by atoms with E-state index in [0.717, 1.165) is 35.5 Å². The van der Waals surface area contributed by atoms with Crippen molar-refractivity contribution in [2.45, 2.75) is 87.0 Å². The first-order chi connectivity index (χ1) is 10.3. The zero-order valence-electron chi connectivity index (χ0n) is 16.5. The van der Waals surface area contributed by atoms with E-state index in [1.807, 2.05) is 0 Å². The fraction of sp³-hybridized carbons (Fsp3) is 0.909. The first-order valence-electron chi connectivity index (χ1n) is 9.87. The van der Waals surface area contributed by atoms with Crippen molar-refractivity contribution in [1.82, 2.24) is 0 Å². The van der Waals surface area contributed by atoms with E-state index in [1.54, 1.807) is 0 Å². The Labute approximate surface area is 141 Å². The highest BCUT2D eigenvalue weighted by atomic mass is 14.5. The third kappa shape index (κ3) is 4.62. The fourth-order valence-electron chi connectivity index (χ4n) is 5.15. The van der Waals surface area contributed by atoms with Gasteiger partial charge in [-0.25, -0.2) is 0 Å². The zero-order chi connectivity index (χ0) is 16.9. The van der Waals surface area contributed by atoms with Gasteiger partial charge in [0, 0.05) is 0 Å². The third-order valence-electron chi connectivity index (χ3n) is 7.08. The van der Waals surface area contributed by atoms with Gasteiger partial charge in [-0.3, -0.25) is 0 Å². The molecule has 1 saturated carbocycles. The van der Waals surface area contributed by atoms with Crippen LogP contribution >= 0.6 is 0 Å². The molecule has 0 radical (unpaired) electrons. The van der Waals surface area contributed by atoms with Gasteiger partial charge in [0.1, 0.15) is 0 Å². The van der Waals surface area contributed by atoms with Crippen molar-refractivity contribution in [3.05, 3.63) is 12.7 Å². The summed E-state index contributed by atoms with van der Waals surface area (Å²) in [6.07, 6.45) is 10.3. The lowest BCUT2D eigenvalue weighted by molar-refractivity contribution is 0.0811. The summed E-state index contributed by atoms with van der Waals surface area (Å²) in [6, 6.07) is 0. The van der Waals surface area contributed by atoms with Crippen LogP contribution in [0.5, 0.6) is 0 Å². The number of rotatable bonds is 7. The Morgan fingerprint density at radius 2 is 1.73 bits per heavy atom. The van der Waals surface area contributed by atoms with E-state index in [-0.39, 0.29) is 0 Å². The molecule has 0 saturated heterocycles. The van der Waals surface area contributed by atoms with Gasteiger partial charge in [-0.05, 0) is 73.0 Å². The monoisotopic (exact) mass is 306 g/mol. The molecule has 0 aliphatic heterocycles. The van der Waals surface area contributed by atoms with Gasteiger partial charge in [-0.2, -0.15) is 0 Å². The summed E-state index contributed by atoms with van der Waals surface area (Å²) in [7, 11) is 0. The molecule has 0 heterocycles. The quantitative estimate of drug-likeness (QED) is 0.340. The SMILES string of the molecule is C=CCCC1(C)CC(C(C)C(C)C)C(C(C)C)CCC1CC. The normalized spacial score (nSPS) is 34.7. The van der Waals surface area contributed by atoms with Crippen molar-refractivity contribution >= 4 is 0 Å². The lowest BCUT2D eigenvalue weighted by Gasteiger charge is -2.42. The fourth-order valence-corrected chi connectivity index (χ4v) is 5.15. The molecule has 0 heteroatoms. The highest BCUT2D eigenvalue weighted by molar-refractivity contribution is 4.94. The van der Waals surface area contributed by atoms with E-state index in [0.29, 0.717) is 5.41 Å². The molecule has 22 heavy (non-hydrogen) atoms.